The maximum atomic E-state index is 4.49. The highest BCUT2D eigenvalue weighted by atomic mass is 15.0. The van der Waals surface area contributed by atoms with Gasteiger partial charge in [-0.05, 0) is 30.5 Å². The molecule has 2 aromatic rings. The molecule has 0 saturated carbocycles. The van der Waals surface area contributed by atoms with Gasteiger partial charge in [0, 0.05) is 24.3 Å². The van der Waals surface area contributed by atoms with Crippen LogP contribution in [0, 0.1) is 6.92 Å². The van der Waals surface area contributed by atoms with Gasteiger partial charge in [-0.3, -0.25) is 0 Å². The molecule has 2 heterocycles. The summed E-state index contributed by atoms with van der Waals surface area (Å²) in [5, 5.41) is 1.25. The fraction of sp³-hybridized carbons (Fsp3) is 0.417. The first-order valence-corrected chi connectivity index (χ1v) is 5.01. The van der Waals surface area contributed by atoms with Crippen molar-refractivity contribution in [3.8, 4) is 0 Å². The predicted octanol–water partition coefficient (Wildman–Crippen LogP) is 3.01. The topological polar surface area (TPSA) is 17.8 Å². The third-order valence-electron chi connectivity index (χ3n) is 2.79. The Morgan fingerprint density at radius 3 is 2.64 bits per heavy atom. The molecule has 2 heteroatoms. The molecule has 0 saturated heterocycles. The van der Waals surface area contributed by atoms with Crippen LogP contribution in [-0.4, -0.2) is 9.55 Å². The largest absolute Gasteiger partial charge is 0.333 e. The highest BCUT2D eigenvalue weighted by Gasteiger charge is 2.06. The third kappa shape index (κ3) is 1.31. The zero-order valence-corrected chi connectivity index (χ0v) is 9.20. The van der Waals surface area contributed by atoms with E-state index in [1.165, 1.54) is 16.6 Å². The molecule has 0 atom stereocenters. The summed E-state index contributed by atoms with van der Waals surface area (Å²) in [6, 6.07) is 4.42. The van der Waals surface area contributed by atoms with Crippen LogP contribution in [-0.2, 0) is 7.05 Å². The van der Waals surface area contributed by atoms with Crippen LogP contribution in [0.4, 0.5) is 0 Å². The van der Waals surface area contributed by atoms with Crippen LogP contribution in [0.2, 0.25) is 0 Å². The number of hydrogen-bond acceptors (Lipinski definition) is 1. The zero-order chi connectivity index (χ0) is 10.3. The Kier molecular flexibility index (Phi) is 2.06. The number of hydrogen-bond donors (Lipinski definition) is 0. The summed E-state index contributed by atoms with van der Waals surface area (Å²) < 4.78 is 2.12. The second-order valence-corrected chi connectivity index (χ2v) is 4.18. The molecule has 0 amide bonds. The van der Waals surface area contributed by atoms with Crippen LogP contribution in [0.15, 0.2) is 18.3 Å². The van der Waals surface area contributed by atoms with Crippen molar-refractivity contribution >= 4 is 11.0 Å². The Bertz CT molecular complexity index is 466. The van der Waals surface area contributed by atoms with E-state index in [0.717, 1.165) is 5.65 Å². The van der Waals surface area contributed by atoms with E-state index < -0.39 is 0 Å². The van der Waals surface area contributed by atoms with Gasteiger partial charge < -0.3 is 4.57 Å². The average Bonchev–Trinajstić information content (AvgIpc) is 2.42. The summed E-state index contributed by atoms with van der Waals surface area (Å²) >= 11 is 0. The van der Waals surface area contributed by atoms with Crippen LogP contribution in [0.3, 0.4) is 0 Å². The molecule has 14 heavy (non-hydrogen) atoms. The standard InChI is InChI=1S/C12H16N2/c1-8(2)11-6-10-5-9(3)14(4)12(10)13-7-11/h5-8H,1-4H3. The van der Waals surface area contributed by atoms with Gasteiger partial charge in [-0.25, -0.2) is 4.98 Å². The summed E-state index contributed by atoms with van der Waals surface area (Å²) in [6.45, 7) is 6.49. The zero-order valence-electron chi connectivity index (χ0n) is 9.20. The van der Waals surface area contributed by atoms with Gasteiger partial charge >= 0.3 is 0 Å². The van der Waals surface area contributed by atoms with E-state index in [0.29, 0.717) is 5.92 Å². The smallest absolute Gasteiger partial charge is 0.139 e. The van der Waals surface area contributed by atoms with E-state index in [1.807, 2.05) is 6.20 Å². The summed E-state index contributed by atoms with van der Waals surface area (Å²) in [4.78, 5) is 4.49. The molecule has 0 fully saturated rings. The molecule has 0 bridgehead atoms. The minimum atomic E-state index is 0.549. The summed E-state index contributed by atoms with van der Waals surface area (Å²) in [5.41, 5.74) is 3.64. The number of aromatic nitrogens is 2. The highest BCUT2D eigenvalue weighted by Crippen LogP contribution is 2.21. The van der Waals surface area contributed by atoms with Gasteiger partial charge in [-0.15, -0.1) is 0 Å². The van der Waals surface area contributed by atoms with Crippen LogP contribution in [0.5, 0.6) is 0 Å². The molecule has 0 spiro atoms. The lowest BCUT2D eigenvalue weighted by Gasteiger charge is -2.04. The van der Waals surface area contributed by atoms with E-state index in [9.17, 15) is 0 Å². The van der Waals surface area contributed by atoms with Crippen molar-refractivity contribution in [1.82, 2.24) is 9.55 Å². The molecule has 2 rings (SSSR count). The molecular formula is C12H16N2. The average molecular weight is 188 g/mol. The van der Waals surface area contributed by atoms with Crippen molar-refractivity contribution < 1.29 is 0 Å². The third-order valence-corrected chi connectivity index (χ3v) is 2.79. The minimum Gasteiger partial charge on any atom is -0.333 e. The fourth-order valence-electron chi connectivity index (χ4n) is 1.68. The first-order valence-electron chi connectivity index (χ1n) is 5.01. The Morgan fingerprint density at radius 1 is 1.29 bits per heavy atom. The van der Waals surface area contributed by atoms with Crippen molar-refractivity contribution in [2.75, 3.05) is 0 Å². The van der Waals surface area contributed by atoms with Crippen LogP contribution in [0.25, 0.3) is 11.0 Å². The van der Waals surface area contributed by atoms with E-state index in [4.69, 9.17) is 0 Å². The quantitative estimate of drug-likeness (QED) is 0.672. The molecule has 0 radical (unpaired) electrons. The Balaban J connectivity index is 2.67. The van der Waals surface area contributed by atoms with Crippen molar-refractivity contribution in [2.45, 2.75) is 26.7 Å². The second-order valence-electron chi connectivity index (χ2n) is 4.18. The van der Waals surface area contributed by atoms with Crippen LogP contribution < -0.4 is 0 Å². The van der Waals surface area contributed by atoms with Crippen molar-refractivity contribution in [1.29, 1.82) is 0 Å². The van der Waals surface area contributed by atoms with Crippen molar-refractivity contribution in [2.24, 2.45) is 7.05 Å². The number of rotatable bonds is 1. The Hall–Kier alpha value is -1.31. The highest BCUT2D eigenvalue weighted by molar-refractivity contribution is 5.78. The van der Waals surface area contributed by atoms with Crippen molar-refractivity contribution in [3.05, 3.63) is 29.6 Å². The molecule has 2 nitrogen and oxygen atoms in total. The molecule has 2 aromatic heterocycles. The first kappa shape index (κ1) is 9.25. The van der Waals surface area contributed by atoms with Crippen LogP contribution >= 0.6 is 0 Å². The minimum absolute atomic E-state index is 0.549. The maximum absolute atomic E-state index is 4.49. The molecular weight excluding hydrogens is 172 g/mol. The molecule has 0 aromatic carbocycles. The predicted molar refractivity (Wildman–Crippen MR) is 59.5 cm³/mol. The van der Waals surface area contributed by atoms with Gasteiger partial charge in [-0.2, -0.15) is 0 Å². The number of nitrogens with zero attached hydrogens (tertiary/aromatic N) is 2. The molecule has 0 aliphatic rings. The summed E-state index contributed by atoms with van der Waals surface area (Å²) in [7, 11) is 2.06. The Labute approximate surface area is 84.6 Å². The molecule has 0 aliphatic carbocycles. The molecule has 74 valence electrons. The Morgan fingerprint density at radius 2 is 2.00 bits per heavy atom. The first-order chi connectivity index (χ1) is 6.59. The van der Waals surface area contributed by atoms with Gasteiger partial charge in [-0.1, -0.05) is 13.8 Å². The van der Waals surface area contributed by atoms with E-state index in [1.54, 1.807) is 0 Å². The number of fused-ring (bicyclic) bond motifs is 1. The maximum Gasteiger partial charge on any atom is 0.139 e. The second kappa shape index (κ2) is 3.12. The van der Waals surface area contributed by atoms with Gasteiger partial charge in [0.15, 0.2) is 0 Å². The van der Waals surface area contributed by atoms with Crippen molar-refractivity contribution in [3.63, 3.8) is 0 Å². The fourth-order valence-corrected chi connectivity index (χ4v) is 1.68. The number of pyridine rings is 1. The van der Waals surface area contributed by atoms with Crippen LogP contribution in [0.1, 0.15) is 31.0 Å². The molecule has 0 unspecified atom stereocenters. The van der Waals surface area contributed by atoms with Gasteiger partial charge in [0.2, 0.25) is 0 Å². The lowest BCUT2D eigenvalue weighted by molar-refractivity contribution is 0.856. The monoisotopic (exact) mass is 188 g/mol. The summed E-state index contributed by atoms with van der Waals surface area (Å²) in [5.74, 6) is 0.549. The van der Waals surface area contributed by atoms with E-state index >= 15 is 0 Å². The normalized spacial score (nSPS) is 11.5. The van der Waals surface area contributed by atoms with E-state index in [2.05, 4.69) is 49.5 Å². The lowest BCUT2D eigenvalue weighted by atomic mass is 10.1. The van der Waals surface area contributed by atoms with E-state index in [-0.39, 0.29) is 0 Å². The number of aryl methyl sites for hydroxylation is 2. The van der Waals surface area contributed by atoms with Gasteiger partial charge in [0.05, 0.1) is 0 Å². The lowest BCUT2D eigenvalue weighted by Crippen LogP contribution is -1.93. The van der Waals surface area contributed by atoms with Gasteiger partial charge in [0.25, 0.3) is 0 Å². The van der Waals surface area contributed by atoms with Gasteiger partial charge in [0.1, 0.15) is 5.65 Å². The molecule has 0 N–H and O–H groups in total. The summed E-state index contributed by atoms with van der Waals surface area (Å²) in [6.07, 6.45) is 1.98. The molecule has 0 aliphatic heterocycles. The SMILES string of the molecule is Cc1cc2cc(C(C)C)cnc2n1C.